The average molecular weight is 764 g/mol. The summed E-state index contributed by atoms with van der Waals surface area (Å²) in [6.45, 7) is 14.8. The van der Waals surface area contributed by atoms with Gasteiger partial charge in [0, 0.05) is 75.5 Å². The first-order valence-corrected chi connectivity index (χ1v) is 19.6. The average Bonchev–Trinajstić information content (AvgIpc) is 3.59. The zero-order chi connectivity index (χ0) is 40.3. The van der Waals surface area contributed by atoms with Crippen molar-refractivity contribution < 1.29 is 18.9 Å². The molecule has 290 valence electrons. The number of carbonyl (C=O) groups is 2. The van der Waals surface area contributed by atoms with Gasteiger partial charge in [0.15, 0.2) is 0 Å². The van der Waals surface area contributed by atoms with E-state index in [0.29, 0.717) is 30.1 Å². The quantitative estimate of drug-likeness (QED) is 0.0669. The summed E-state index contributed by atoms with van der Waals surface area (Å²) in [6.07, 6.45) is 10.7. The SMILES string of the molecule is C#C.CC.CO.CSOc1cc(CNCCCNC(=O)c2cc(C(=O)N(C)Cc3nc(C)cs3)cc(N(C)C)c2)cc(C(C)C)c1.Cc1ccccc1. The van der Waals surface area contributed by atoms with E-state index in [-0.39, 0.29) is 11.8 Å². The molecule has 0 saturated carbocycles. The third-order valence-electron chi connectivity index (χ3n) is 7.25. The predicted molar refractivity (Wildman–Crippen MR) is 227 cm³/mol. The van der Waals surface area contributed by atoms with Gasteiger partial charge >= 0.3 is 0 Å². The Bertz CT molecular complexity index is 1620. The Kier molecular flexibility index (Phi) is 25.9. The number of hydrogen-bond donors (Lipinski definition) is 3. The fraction of sp³-hybridized carbons (Fsp3) is 0.405. The summed E-state index contributed by atoms with van der Waals surface area (Å²) >= 11 is 2.88. The first kappa shape index (κ1) is 48.7. The van der Waals surface area contributed by atoms with Crippen LogP contribution in [0.15, 0.2) is 72.1 Å². The van der Waals surface area contributed by atoms with Crippen LogP contribution in [-0.2, 0) is 13.1 Å². The summed E-state index contributed by atoms with van der Waals surface area (Å²) in [4.78, 5) is 34.2. The van der Waals surface area contributed by atoms with Gasteiger partial charge in [-0.05, 0) is 74.2 Å². The standard InChI is InChI=1S/C30H41N5O3S2.C7H8.C2H6.C2H2.CH4O/c1-20(2)23-11-22(12-27(16-23)38-39-7)17-31-9-8-10-32-29(36)24-13-25(15-26(14-24)34(4)5)30(37)35(6)18-28-33-21(3)19-40-28;1-7-5-3-2-4-6-7;3*1-2/h11-16,19-20,31H,8-10,17-18H2,1-7H3,(H,32,36);2-6H,1H3;1-2H3;1-2H;2H,1H3. The van der Waals surface area contributed by atoms with Crippen molar-refractivity contribution in [1.82, 2.24) is 20.5 Å². The molecule has 0 aliphatic heterocycles. The highest BCUT2D eigenvalue weighted by Gasteiger charge is 2.18. The van der Waals surface area contributed by atoms with Crippen molar-refractivity contribution in [3.05, 3.63) is 111 Å². The minimum absolute atomic E-state index is 0.151. The molecular weight excluding hydrogens is 703 g/mol. The van der Waals surface area contributed by atoms with Crippen LogP contribution in [0.2, 0.25) is 0 Å². The van der Waals surface area contributed by atoms with E-state index in [1.165, 1.54) is 40.1 Å². The topological polar surface area (TPSA) is 107 Å². The monoisotopic (exact) mass is 763 g/mol. The number of thiazole rings is 1. The molecule has 0 aliphatic rings. The maximum Gasteiger partial charge on any atom is 0.254 e. The number of benzene rings is 3. The summed E-state index contributed by atoms with van der Waals surface area (Å²) in [7, 11) is 6.54. The molecule has 9 nitrogen and oxygen atoms in total. The summed E-state index contributed by atoms with van der Waals surface area (Å²) in [5, 5.41) is 16.3. The predicted octanol–water partition coefficient (Wildman–Crippen LogP) is 8.36. The van der Waals surface area contributed by atoms with E-state index in [9.17, 15) is 9.59 Å². The largest absolute Gasteiger partial charge is 0.426 e. The molecular formula is C42H61N5O4S2. The van der Waals surface area contributed by atoms with Gasteiger partial charge < -0.3 is 29.7 Å². The lowest BCUT2D eigenvalue weighted by atomic mass is 10.0. The number of aryl methyl sites for hydroxylation is 2. The van der Waals surface area contributed by atoms with Gasteiger partial charge in [0.05, 0.1) is 18.6 Å². The number of rotatable bonds is 14. The molecule has 1 heterocycles. The number of aliphatic hydroxyl groups is 1. The molecule has 0 radical (unpaired) electrons. The van der Waals surface area contributed by atoms with E-state index in [1.807, 2.05) is 81.7 Å². The summed E-state index contributed by atoms with van der Waals surface area (Å²) < 4.78 is 5.65. The molecule has 3 aromatic carbocycles. The third-order valence-corrected chi connectivity index (χ3v) is 8.56. The van der Waals surface area contributed by atoms with E-state index < -0.39 is 0 Å². The smallest absolute Gasteiger partial charge is 0.254 e. The lowest BCUT2D eigenvalue weighted by Gasteiger charge is -2.19. The van der Waals surface area contributed by atoms with E-state index >= 15 is 0 Å². The van der Waals surface area contributed by atoms with E-state index in [2.05, 4.69) is 79.6 Å². The number of terminal acetylenes is 1. The Morgan fingerprint density at radius 1 is 0.943 bits per heavy atom. The van der Waals surface area contributed by atoms with Gasteiger partial charge in [-0.3, -0.25) is 9.59 Å². The Morgan fingerprint density at radius 3 is 2.11 bits per heavy atom. The van der Waals surface area contributed by atoms with Crippen LogP contribution in [0.3, 0.4) is 0 Å². The van der Waals surface area contributed by atoms with Crippen molar-refractivity contribution in [1.29, 1.82) is 0 Å². The maximum absolute atomic E-state index is 13.2. The van der Waals surface area contributed by atoms with Crippen LogP contribution >= 0.6 is 23.4 Å². The van der Waals surface area contributed by atoms with Gasteiger partial charge in [-0.1, -0.05) is 69.7 Å². The van der Waals surface area contributed by atoms with Crippen LogP contribution in [0.1, 0.15) is 88.1 Å². The second-order valence-corrected chi connectivity index (χ2v) is 13.4. The van der Waals surface area contributed by atoms with Gasteiger partial charge in [0.2, 0.25) is 0 Å². The number of carbonyl (C=O) groups excluding carboxylic acids is 2. The van der Waals surface area contributed by atoms with Crippen molar-refractivity contribution in [3.8, 4) is 18.6 Å². The van der Waals surface area contributed by atoms with Crippen LogP contribution in [0.5, 0.6) is 5.75 Å². The normalized spacial score (nSPS) is 9.72. The number of nitrogens with zero attached hydrogens (tertiary/aromatic N) is 3. The van der Waals surface area contributed by atoms with Crippen molar-refractivity contribution in [2.24, 2.45) is 0 Å². The van der Waals surface area contributed by atoms with Gasteiger partial charge in [-0.2, -0.15) is 0 Å². The molecule has 0 atom stereocenters. The van der Waals surface area contributed by atoms with Gasteiger partial charge in [-0.15, -0.1) is 24.2 Å². The zero-order valence-electron chi connectivity index (χ0n) is 33.5. The number of amides is 2. The summed E-state index contributed by atoms with van der Waals surface area (Å²) in [5.41, 5.74) is 6.42. The first-order valence-electron chi connectivity index (χ1n) is 17.6. The highest BCUT2D eigenvalue weighted by Crippen LogP contribution is 2.25. The first-order chi connectivity index (χ1) is 25.5. The number of anilines is 1. The molecule has 3 N–H and O–H groups in total. The molecule has 0 bridgehead atoms. The Balaban J connectivity index is 0.00000179. The molecule has 2 amide bonds. The van der Waals surface area contributed by atoms with E-state index in [4.69, 9.17) is 9.29 Å². The highest BCUT2D eigenvalue weighted by atomic mass is 32.2. The molecule has 0 saturated heterocycles. The van der Waals surface area contributed by atoms with Crippen LogP contribution < -0.4 is 19.7 Å². The highest BCUT2D eigenvalue weighted by molar-refractivity contribution is 7.94. The molecule has 0 fully saturated rings. The lowest BCUT2D eigenvalue weighted by molar-refractivity contribution is 0.0785. The second-order valence-electron chi connectivity index (χ2n) is 12.0. The van der Waals surface area contributed by atoms with Crippen LogP contribution in [0, 0.1) is 26.7 Å². The Labute approximate surface area is 327 Å². The zero-order valence-corrected chi connectivity index (χ0v) is 35.2. The van der Waals surface area contributed by atoms with Crippen LogP contribution in [0.25, 0.3) is 0 Å². The molecule has 4 aromatic rings. The number of aliphatic hydroxyl groups excluding tert-OH is 1. The number of aromatic nitrogens is 1. The minimum atomic E-state index is -0.195. The van der Waals surface area contributed by atoms with Crippen LogP contribution in [-0.4, -0.2) is 74.4 Å². The Morgan fingerprint density at radius 2 is 1.58 bits per heavy atom. The molecule has 4 rings (SSSR count). The molecule has 11 heteroatoms. The fourth-order valence-electron chi connectivity index (χ4n) is 4.64. The third kappa shape index (κ3) is 18.8. The van der Waals surface area contributed by atoms with Crippen molar-refractivity contribution >= 4 is 40.9 Å². The minimum Gasteiger partial charge on any atom is -0.426 e. The Hall–Kier alpha value is -4.34. The maximum atomic E-state index is 13.2. The van der Waals surface area contributed by atoms with Gasteiger partial charge in [0.25, 0.3) is 11.8 Å². The van der Waals surface area contributed by atoms with Gasteiger partial charge in [-0.25, -0.2) is 4.98 Å². The number of nitrogens with one attached hydrogen (secondary N) is 2. The fourth-order valence-corrected chi connectivity index (χ4v) is 5.76. The summed E-state index contributed by atoms with van der Waals surface area (Å²) in [6, 6.07) is 21.9. The van der Waals surface area contributed by atoms with E-state index in [0.717, 1.165) is 48.8 Å². The van der Waals surface area contributed by atoms with Crippen molar-refractivity contribution in [3.63, 3.8) is 0 Å². The molecule has 1 aromatic heterocycles. The van der Waals surface area contributed by atoms with Crippen molar-refractivity contribution in [2.45, 2.75) is 67.0 Å². The summed E-state index contributed by atoms with van der Waals surface area (Å²) in [5.74, 6) is 0.941. The van der Waals surface area contributed by atoms with E-state index in [1.54, 1.807) is 18.0 Å². The lowest BCUT2D eigenvalue weighted by Crippen LogP contribution is -2.29. The molecule has 53 heavy (non-hydrogen) atoms. The second kappa shape index (κ2) is 28.2. The number of hydrogen-bond acceptors (Lipinski definition) is 9. The molecule has 0 spiro atoms. The van der Waals surface area contributed by atoms with Crippen LogP contribution in [0.4, 0.5) is 5.69 Å². The van der Waals surface area contributed by atoms with Crippen molar-refractivity contribution in [2.75, 3.05) is 52.5 Å². The molecule has 0 aliphatic carbocycles. The van der Waals surface area contributed by atoms with Gasteiger partial charge in [0.1, 0.15) is 10.8 Å². The molecule has 0 unspecified atom stereocenters.